The largest absolute Gasteiger partial charge is 0.309 e. The van der Waals surface area contributed by atoms with Gasteiger partial charge in [-0.1, -0.05) is 0 Å². The first-order chi connectivity index (χ1) is 9.16. The monoisotopic (exact) mass is 259 g/mol. The van der Waals surface area contributed by atoms with Crippen molar-refractivity contribution >= 4 is 0 Å². The Labute approximate surface area is 114 Å². The molecular weight excluding hydrogens is 238 g/mol. The highest BCUT2D eigenvalue weighted by Crippen LogP contribution is 2.19. The van der Waals surface area contributed by atoms with Crippen LogP contribution in [0.4, 0.5) is 0 Å². The molecule has 0 aromatic carbocycles. The molecule has 5 heteroatoms. The predicted octanol–water partition coefficient (Wildman–Crippen LogP) is 1.51. The van der Waals surface area contributed by atoms with Crippen molar-refractivity contribution in [2.24, 2.45) is 0 Å². The van der Waals surface area contributed by atoms with Crippen molar-refractivity contribution in [2.45, 2.75) is 19.5 Å². The van der Waals surface area contributed by atoms with Crippen LogP contribution in [0, 0.1) is 0 Å². The number of pyridine rings is 1. The van der Waals surface area contributed by atoms with Crippen LogP contribution in [-0.2, 0) is 6.54 Å². The molecule has 0 saturated carbocycles. The van der Waals surface area contributed by atoms with E-state index in [-0.39, 0.29) is 0 Å². The fourth-order valence-electron chi connectivity index (χ4n) is 2.10. The molecule has 2 heterocycles. The topological polar surface area (TPSA) is 56.8 Å². The minimum absolute atomic E-state index is 0.437. The second-order valence-electron chi connectivity index (χ2n) is 5.06. The first kappa shape index (κ1) is 13.7. The minimum atomic E-state index is 0.437. The van der Waals surface area contributed by atoms with Crippen LogP contribution in [0.2, 0.25) is 0 Å². The zero-order valence-corrected chi connectivity index (χ0v) is 11.7. The van der Waals surface area contributed by atoms with E-state index in [1.54, 1.807) is 6.20 Å². The third-order valence-electron chi connectivity index (χ3n) is 2.95. The van der Waals surface area contributed by atoms with Gasteiger partial charge in [-0.05, 0) is 33.2 Å². The fourth-order valence-corrected chi connectivity index (χ4v) is 2.10. The van der Waals surface area contributed by atoms with Gasteiger partial charge in [0.2, 0.25) is 0 Å². The Kier molecular flexibility index (Phi) is 4.65. The fraction of sp³-hybridized carbons (Fsp3) is 0.429. The summed E-state index contributed by atoms with van der Waals surface area (Å²) in [6, 6.07) is 4.40. The highest BCUT2D eigenvalue weighted by Gasteiger charge is 2.09. The van der Waals surface area contributed by atoms with Crippen LogP contribution in [-0.4, -0.2) is 46.8 Å². The van der Waals surface area contributed by atoms with Gasteiger partial charge in [-0.2, -0.15) is 5.10 Å². The molecule has 2 N–H and O–H groups in total. The number of H-pyrrole nitrogens is 1. The molecule has 5 nitrogen and oxygen atoms in total. The third kappa shape index (κ3) is 3.87. The Bertz CT molecular complexity index is 492. The van der Waals surface area contributed by atoms with Gasteiger partial charge in [0.15, 0.2) is 0 Å². The maximum absolute atomic E-state index is 4.14. The summed E-state index contributed by atoms with van der Waals surface area (Å²) < 4.78 is 0. The van der Waals surface area contributed by atoms with E-state index in [9.17, 15) is 0 Å². The number of hydrogen-bond donors (Lipinski definition) is 2. The summed E-state index contributed by atoms with van der Waals surface area (Å²) in [6.45, 7) is 4.00. The molecule has 0 amide bonds. The molecule has 1 unspecified atom stereocenters. The van der Waals surface area contributed by atoms with Gasteiger partial charge in [-0.25, -0.2) is 0 Å². The molecule has 2 aromatic heterocycles. The third-order valence-corrected chi connectivity index (χ3v) is 2.95. The highest BCUT2D eigenvalue weighted by atomic mass is 15.1. The average molecular weight is 259 g/mol. The van der Waals surface area contributed by atoms with E-state index in [0.29, 0.717) is 6.04 Å². The molecule has 0 radical (unpaired) electrons. The lowest BCUT2D eigenvalue weighted by Crippen LogP contribution is -2.35. The van der Waals surface area contributed by atoms with Crippen LogP contribution in [0.1, 0.15) is 12.5 Å². The van der Waals surface area contributed by atoms with Crippen LogP contribution in [0.5, 0.6) is 0 Å². The van der Waals surface area contributed by atoms with Gasteiger partial charge in [-0.15, -0.1) is 0 Å². The molecule has 0 fully saturated rings. The van der Waals surface area contributed by atoms with Crippen LogP contribution in [0.3, 0.4) is 0 Å². The van der Waals surface area contributed by atoms with Crippen molar-refractivity contribution in [1.29, 1.82) is 0 Å². The zero-order chi connectivity index (χ0) is 13.7. The SMILES string of the molecule is CC(CN(C)C)NCc1cn[nH]c1-c1cccnc1. The van der Waals surface area contributed by atoms with E-state index in [2.05, 4.69) is 46.4 Å². The summed E-state index contributed by atoms with van der Waals surface area (Å²) in [5, 5.41) is 10.7. The van der Waals surface area contributed by atoms with Crippen LogP contribution < -0.4 is 5.32 Å². The van der Waals surface area contributed by atoms with Gasteiger partial charge >= 0.3 is 0 Å². The van der Waals surface area contributed by atoms with Crippen molar-refractivity contribution in [1.82, 2.24) is 25.4 Å². The van der Waals surface area contributed by atoms with Crippen LogP contribution in [0.25, 0.3) is 11.3 Å². The quantitative estimate of drug-likeness (QED) is 0.825. The number of aromatic nitrogens is 3. The lowest BCUT2D eigenvalue weighted by Gasteiger charge is -2.18. The van der Waals surface area contributed by atoms with E-state index in [4.69, 9.17) is 0 Å². The van der Waals surface area contributed by atoms with E-state index >= 15 is 0 Å². The van der Waals surface area contributed by atoms with Crippen molar-refractivity contribution in [3.8, 4) is 11.3 Å². The lowest BCUT2D eigenvalue weighted by atomic mass is 10.1. The first-order valence-corrected chi connectivity index (χ1v) is 6.47. The molecule has 0 aliphatic heterocycles. The summed E-state index contributed by atoms with van der Waals surface area (Å²) in [7, 11) is 4.16. The van der Waals surface area contributed by atoms with E-state index in [1.807, 2.05) is 24.5 Å². The summed E-state index contributed by atoms with van der Waals surface area (Å²) in [5.41, 5.74) is 3.27. The lowest BCUT2D eigenvalue weighted by molar-refractivity contribution is 0.349. The molecule has 0 saturated heterocycles. The van der Waals surface area contributed by atoms with E-state index in [1.165, 1.54) is 5.56 Å². The molecule has 102 valence electrons. The zero-order valence-electron chi connectivity index (χ0n) is 11.7. The highest BCUT2D eigenvalue weighted by molar-refractivity contribution is 5.61. The molecule has 0 bridgehead atoms. The summed E-state index contributed by atoms with van der Waals surface area (Å²) in [6.07, 6.45) is 5.49. The maximum Gasteiger partial charge on any atom is 0.0710 e. The van der Waals surface area contributed by atoms with Crippen LogP contribution >= 0.6 is 0 Å². The maximum atomic E-state index is 4.14. The number of nitrogens with zero attached hydrogens (tertiary/aromatic N) is 3. The van der Waals surface area contributed by atoms with E-state index < -0.39 is 0 Å². The molecule has 1 atom stereocenters. The second-order valence-corrected chi connectivity index (χ2v) is 5.06. The van der Waals surface area contributed by atoms with Gasteiger partial charge < -0.3 is 10.2 Å². The second kappa shape index (κ2) is 6.45. The standard InChI is InChI=1S/C14H21N5/c1-11(10-19(2)3)16-8-13-9-17-18-14(13)12-5-4-6-15-7-12/h4-7,9,11,16H,8,10H2,1-3H3,(H,17,18). The van der Waals surface area contributed by atoms with Crippen molar-refractivity contribution in [3.05, 3.63) is 36.3 Å². The molecule has 0 aliphatic rings. The molecule has 2 aromatic rings. The van der Waals surface area contributed by atoms with Crippen molar-refractivity contribution in [3.63, 3.8) is 0 Å². The Balaban J connectivity index is 2.01. The number of hydrogen-bond acceptors (Lipinski definition) is 4. The molecule has 19 heavy (non-hydrogen) atoms. The molecule has 2 rings (SSSR count). The van der Waals surface area contributed by atoms with Crippen molar-refractivity contribution in [2.75, 3.05) is 20.6 Å². The number of aromatic amines is 1. The van der Waals surface area contributed by atoms with Gasteiger partial charge in [0.05, 0.1) is 11.9 Å². The molecule has 0 aliphatic carbocycles. The summed E-state index contributed by atoms with van der Waals surface area (Å²) in [4.78, 5) is 6.32. The van der Waals surface area contributed by atoms with Gasteiger partial charge in [-0.3, -0.25) is 10.1 Å². The smallest absolute Gasteiger partial charge is 0.0710 e. The van der Waals surface area contributed by atoms with E-state index in [0.717, 1.165) is 24.3 Å². The van der Waals surface area contributed by atoms with Crippen LogP contribution in [0.15, 0.2) is 30.7 Å². The molecular formula is C14H21N5. The Morgan fingerprint density at radius 3 is 2.89 bits per heavy atom. The summed E-state index contributed by atoms with van der Waals surface area (Å²) >= 11 is 0. The first-order valence-electron chi connectivity index (χ1n) is 6.47. The Morgan fingerprint density at radius 1 is 1.37 bits per heavy atom. The van der Waals surface area contributed by atoms with Gasteiger partial charge in [0.25, 0.3) is 0 Å². The summed E-state index contributed by atoms with van der Waals surface area (Å²) in [5.74, 6) is 0. The minimum Gasteiger partial charge on any atom is -0.309 e. The normalized spacial score (nSPS) is 12.8. The number of rotatable bonds is 6. The number of likely N-dealkylation sites (N-methyl/N-ethyl adjacent to an activating group) is 1. The van der Waals surface area contributed by atoms with Crippen molar-refractivity contribution < 1.29 is 0 Å². The number of nitrogens with one attached hydrogen (secondary N) is 2. The Morgan fingerprint density at radius 2 is 2.21 bits per heavy atom. The Hall–Kier alpha value is -1.72. The predicted molar refractivity (Wildman–Crippen MR) is 76.7 cm³/mol. The average Bonchev–Trinajstić information content (AvgIpc) is 2.85. The van der Waals surface area contributed by atoms with Gasteiger partial charge in [0, 0.05) is 42.7 Å². The molecule has 0 spiro atoms. The van der Waals surface area contributed by atoms with Gasteiger partial charge in [0.1, 0.15) is 0 Å².